The Morgan fingerprint density at radius 2 is 0.900 bits per heavy atom. The highest BCUT2D eigenvalue weighted by Gasteiger charge is 2.30. The Bertz CT molecular complexity index is 2630. The van der Waals surface area contributed by atoms with Crippen molar-refractivity contribution in [2.45, 2.75) is 12.8 Å². The summed E-state index contributed by atoms with van der Waals surface area (Å²) in [6, 6.07) is 57.4. The molecule has 0 N–H and O–H groups in total. The van der Waals surface area contributed by atoms with Gasteiger partial charge < -0.3 is 9.13 Å². The van der Waals surface area contributed by atoms with Gasteiger partial charge >= 0.3 is 0 Å². The van der Waals surface area contributed by atoms with E-state index >= 15 is 0 Å². The zero-order valence-corrected chi connectivity index (χ0v) is 27.2. The summed E-state index contributed by atoms with van der Waals surface area (Å²) in [5.41, 5.74) is 12.9. The lowest BCUT2D eigenvalue weighted by atomic mass is 9.91. The lowest BCUT2D eigenvalue weighted by molar-refractivity contribution is 0.862. The van der Waals surface area contributed by atoms with E-state index in [0.717, 1.165) is 35.2 Å². The summed E-state index contributed by atoms with van der Waals surface area (Å²) in [4.78, 5) is 15.0. The molecule has 236 valence electrons. The van der Waals surface area contributed by atoms with Gasteiger partial charge in [-0.3, -0.25) is 0 Å². The van der Waals surface area contributed by atoms with E-state index in [1.54, 1.807) is 0 Å². The summed E-state index contributed by atoms with van der Waals surface area (Å²) < 4.78 is 4.93. The van der Waals surface area contributed by atoms with E-state index < -0.39 is 0 Å². The molecule has 9 aromatic rings. The van der Waals surface area contributed by atoms with Crippen LogP contribution in [0.5, 0.6) is 0 Å². The third-order valence-corrected chi connectivity index (χ3v) is 9.88. The van der Waals surface area contributed by atoms with Gasteiger partial charge in [-0.2, -0.15) is 0 Å². The van der Waals surface area contributed by atoms with Crippen LogP contribution < -0.4 is 0 Å². The van der Waals surface area contributed by atoms with Crippen LogP contribution in [0.4, 0.5) is 0 Å². The first kappa shape index (κ1) is 28.4. The van der Waals surface area contributed by atoms with Crippen LogP contribution in [0.3, 0.4) is 0 Å². The first-order valence-electron chi connectivity index (χ1n) is 17.1. The Balaban J connectivity index is 1.19. The molecule has 0 amide bonds. The summed E-state index contributed by atoms with van der Waals surface area (Å²) in [7, 11) is 0. The number of aromatic nitrogens is 5. The van der Waals surface area contributed by atoms with Crippen molar-refractivity contribution in [3.8, 4) is 56.8 Å². The van der Waals surface area contributed by atoms with Gasteiger partial charge in [0.25, 0.3) is 0 Å². The quantitative estimate of drug-likeness (QED) is 0.188. The summed E-state index contributed by atoms with van der Waals surface area (Å²) in [6.07, 6.45) is 1.90. The zero-order chi connectivity index (χ0) is 33.0. The van der Waals surface area contributed by atoms with Gasteiger partial charge in [-0.25, -0.2) is 15.0 Å². The SMILES string of the molecule is c1ccc(-c2nc(-c3ccccc3)nc(-c3cccc(-n4c5c(c6ccccc64)-c4c(c6ccccc6n4-c4ccccc4)CC5)c3)n2)cc1. The second-order valence-corrected chi connectivity index (χ2v) is 12.8. The van der Waals surface area contributed by atoms with Gasteiger partial charge in [0.1, 0.15) is 0 Å². The molecule has 0 saturated heterocycles. The molecule has 0 spiro atoms. The van der Waals surface area contributed by atoms with Gasteiger partial charge in [-0.1, -0.05) is 127 Å². The van der Waals surface area contributed by atoms with E-state index in [9.17, 15) is 0 Å². The molecular weight excluding hydrogens is 611 g/mol. The van der Waals surface area contributed by atoms with Crippen molar-refractivity contribution in [3.63, 3.8) is 0 Å². The maximum Gasteiger partial charge on any atom is 0.164 e. The number of para-hydroxylation sites is 3. The molecule has 6 aromatic carbocycles. The average Bonchev–Trinajstić information content (AvgIpc) is 3.72. The molecule has 0 unspecified atom stereocenters. The molecule has 0 radical (unpaired) electrons. The fourth-order valence-electron chi connectivity index (χ4n) is 7.72. The van der Waals surface area contributed by atoms with E-state index in [2.05, 4.69) is 112 Å². The molecule has 0 fully saturated rings. The molecular formula is C45H31N5. The first-order chi connectivity index (χ1) is 24.8. The highest BCUT2D eigenvalue weighted by molar-refractivity contribution is 6.05. The van der Waals surface area contributed by atoms with Gasteiger partial charge in [0.05, 0.1) is 16.7 Å². The average molecular weight is 642 g/mol. The lowest BCUT2D eigenvalue weighted by Crippen LogP contribution is -2.10. The number of nitrogens with zero attached hydrogens (tertiary/aromatic N) is 5. The van der Waals surface area contributed by atoms with Gasteiger partial charge in [0.15, 0.2) is 17.5 Å². The fourth-order valence-corrected chi connectivity index (χ4v) is 7.72. The van der Waals surface area contributed by atoms with Crippen LogP contribution in [0.25, 0.3) is 78.6 Å². The summed E-state index contributed by atoms with van der Waals surface area (Å²) in [6.45, 7) is 0. The number of rotatable bonds is 5. The molecule has 0 saturated carbocycles. The van der Waals surface area contributed by atoms with Gasteiger partial charge in [-0.15, -0.1) is 0 Å². The van der Waals surface area contributed by atoms with Crippen molar-refractivity contribution in [1.29, 1.82) is 0 Å². The Kier molecular flexibility index (Phi) is 6.56. The Morgan fingerprint density at radius 1 is 0.400 bits per heavy atom. The van der Waals surface area contributed by atoms with Crippen LogP contribution >= 0.6 is 0 Å². The Labute approximate surface area is 289 Å². The third-order valence-electron chi connectivity index (χ3n) is 9.88. The molecule has 0 aliphatic heterocycles. The maximum atomic E-state index is 5.04. The predicted octanol–water partition coefficient (Wildman–Crippen LogP) is 10.5. The minimum atomic E-state index is 0.649. The summed E-state index contributed by atoms with van der Waals surface area (Å²) >= 11 is 0. The molecule has 3 aromatic heterocycles. The topological polar surface area (TPSA) is 48.5 Å². The predicted molar refractivity (Wildman–Crippen MR) is 203 cm³/mol. The standard InChI is InChI=1S/C45H31N5/c1-4-15-30(16-5-1)43-46-44(31-17-6-2-7-18-31)48-45(47-43)32-19-14-22-34(29-32)49-39-26-13-11-24-37(39)41-40(49)28-27-36-35-23-10-12-25-38(35)50(42(36)41)33-20-8-3-9-21-33/h1-26,29H,27-28H2. The van der Waals surface area contributed by atoms with Crippen molar-refractivity contribution >= 4 is 21.8 Å². The van der Waals surface area contributed by atoms with Crippen LogP contribution in [-0.2, 0) is 12.8 Å². The number of aryl methyl sites for hydroxylation is 1. The normalized spacial score (nSPS) is 12.2. The second-order valence-electron chi connectivity index (χ2n) is 12.8. The van der Waals surface area contributed by atoms with Crippen LogP contribution in [0.15, 0.2) is 164 Å². The number of benzene rings is 6. The molecule has 0 atom stereocenters. The Hall–Kier alpha value is -6.59. The maximum absolute atomic E-state index is 5.04. The molecule has 0 bridgehead atoms. The van der Waals surface area contributed by atoms with Crippen molar-refractivity contribution in [3.05, 3.63) is 175 Å². The minimum absolute atomic E-state index is 0.649. The zero-order valence-electron chi connectivity index (χ0n) is 27.2. The van der Waals surface area contributed by atoms with Crippen LogP contribution in [0.2, 0.25) is 0 Å². The molecule has 10 rings (SSSR count). The van der Waals surface area contributed by atoms with Gasteiger partial charge in [-0.05, 0) is 54.8 Å². The van der Waals surface area contributed by atoms with Gasteiger partial charge in [0, 0.05) is 50.1 Å². The first-order valence-corrected chi connectivity index (χ1v) is 17.1. The van der Waals surface area contributed by atoms with E-state index in [1.807, 2.05) is 60.7 Å². The molecule has 5 heteroatoms. The van der Waals surface area contributed by atoms with Crippen molar-refractivity contribution in [1.82, 2.24) is 24.1 Å². The van der Waals surface area contributed by atoms with Crippen LogP contribution in [-0.4, -0.2) is 24.1 Å². The monoisotopic (exact) mass is 641 g/mol. The van der Waals surface area contributed by atoms with Crippen molar-refractivity contribution in [2.24, 2.45) is 0 Å². The third kappa shape index (κ3) is 4.51. The fraction of sp³-hybridized carbons (Fsp3) is 0.0444. The minimum Gasteiger partial charge on any atom is -0.313 e. The highest BCUT2D eigenvalue weighted by Crippen LogP contribution is 2.47. The van der Waals surface area contributed by atoms with E-state index in [-0.39, 0.29) is 0 Å². The Morgan fingerprint density at radius 3 is 1.56 bits per heavy atom. The molecule has 1 aliphatic carbocycles. The number of hydrogen-bond acceptors (Lipinski definition) is 3. The van der Waals surface area contributed by atoms with E-state index in [1.165, 1.54) is 50.0 Å². The van der Waals surface area contributed by atoms with E-state index in [4.69, 9.17) is 15.0 Å². The van der Waals surface area contributed by atoms with Gasteiger partial charge in [0.2, 0.25) is 0 Å². The summed E-state index contributed by atoms with van der Waals surface area (Å²) in [5, 5.41) is 2.58. The van der Waals surface area contributed by atoms with Crippen LogP contribution in [0, 0.1) is 0 Å². The number of hydrogen-bond donors (Lipinski definition) is 0. The van der Waals surface area contributed by atoms with Crippen molar-refractivity contribution < 1.29 is 0 Å². The summed E-state index contributed by atoms with van der Waals surface area (Å²) in [5.74, 6) is 1.96. The molecule has 5 nitrogen and oxygen atoms in total. The second kappa shape index (κ2) is 11.5. The molecule has 1 aliphatic rings. The lowest BCUT2D eigenvalue weighted by Gasteiger charge is -2.20. The number of fused-ring (bicyclic) bond motifs is 7. The molecule has 3 heterocycles. The van der Waals surface area contributed by atoms with Crippen molar-refractivity contribution in [2.75, 3.05) is 0 Å². The van der Waals surface area contributed by atoms with Crippen LogP contribution in [0.1, 0.15) is 11.3 Å². The molecule has 50 heavy (non-hydrogen) atoms. The smallest absolute Gasteiger partial charge is 0.164 e. The van der Waals surface area contributed by atoms with E-state index in [0.29, 0.717) is 17.5 Å². The largest absolute Gasteiger partial charge is 0.313 e. The highest BCUT2D eigenvalue weighted by atomic mass is 15.1.